The van der Waals surface area contributed by atoms with Crippen LogP contribution in [-0.4, -0.2) is 9.97 Å². The minimum atomic E-state index is 0.140. The number of nitrogens with one attached hydrogen (secondary N) is 1. The predicted molar refractivity (Wildman–Crippen MR) is 67.6 cm³/mol. The van der Waals surface area contributed by atoms with Gasteiger partial charge in [-0.3, -0.25) is 0 Å². The third-order valence-corrected chi connectivity index (χ3v) is 3.69. The quantitative estimate of drug-likeness (QED) is 0.712. The van der Waals surface area contributed by atoms with Crippen molar-refractivity contribution in [3.63, 3.8) is 0 Å². The van der Waals surface area contributed by atoms with Gasteiger partial charge in [0.05, 0.1) is 5.69 Å². The zero-order chi connectivity index (χ0) is 12.1. The van der Waals surface area contributed by atoms with Crippen molar-refractivity contribution in [2.45, 2.75) is 59.8 Å². The van der Waals surface area contributed by atoms with Crippen LogP contribution in [0.1, 0.15) is 58.8 Å². The summed E-state index contributed by atoms with van der Waals surface area (Å²) >= 11 is 0. The summed E-state index contributed by atoms with van der Waals surface area (Å²) in [6.45, 7) is 13.6. The molecule has 0 spiro atoms. The van der Waals surface area contributed by atoms with Crippen LogP contribution in [0.5, 0.6) is 0 Å². The van der Waals surface area contributed by atoms with Crippen LogP contribution < -0.4 is 0 Å². The number of aromatic nitrogens is 2. The monoisotopic (exact) mass is 220 g/mol. The predicted octanol–water partition coefficient (Wildman–Crippen LogP) is 3.47. The standard InChI is InChI=1S/C14H24N2/c1-13(2,3)9-7-10-11(8-9)16-12(15-10)14(4,5)6/h9H,7-8H2,1-6H3,(H,15,16). The maximum Gasteiger partial charge on any atom is 0.111 e. The van der Waals surface area contributed by atoms with Crippen LogP contribution in [0, 0.1) is 11.3 Å². The summed E-state index contributed by atoms with van der Waals surface area (Å²) in [4.78, 5) is 8.29. The topological polar surface area (TPSA) is 28.7 Å². The van der Waals surface area contributed by atoms with Crippen molar-refractivity contribution < 1.29 is 0 Å². The van der Waals surface area contributed by atoms with Gasteiger partial charge >= 0.3 is 0 Å². The molecule has 1 aromatic rings. The Hall–Kier alpha value is -0.790. The Labute approximate surface area is 98.9 Å². The van der Waals surface area contributed by atoms with Crippen molar-refractivity contribution in [3.8, 4) is 0 Å². The number of hydrogen-bond acceptors (Lipinski definition) is 1. The second kappa shape index (κ2) is 3.35. The fourth-order valence-electron chi connectivity index (χ4n) is 2.30. The molecule has 0 fully saturated rings. The summed E-state index contributed by atoms with van der Waals surface area (Å²) in [6, 6.07) is 0. The Morgan fingerprint density at radius 3 is 2.12 bits per heavy atom. The van der Waals surface area contributed by atoms with Gasteiger partial charge in [0.15, 0.2) is 0 Å². The maximum absolute atomic E-state index is 4.77. The van der Waals surface area contributed by atoms with E-state index < -0.39 is 0 Å². The lowest BCUT2D eigenvalue weighted by atomic mass is 9.79. The second-order valence-electron chi connectivity index (χ2n) is 7.23. The summed E-state index contributed by atoms with van der Waals surface area (Å²) in [5.41, 5.74) is 3.22. The molecule has 16 heavy (non-hydrogen) atoms. The SMILES string of the molecule is CC(C)(C)c1nc2c([nH]1)CC(C(C)(C)C)C2. The molecular formula is C14H24N2. The van der Waals surface area contributed by atoms with E-state index in [9.17, 15) is 0 Å². The van der Waals surface area contributed by atoms with Crippen LogP contribution >= 0.6 is 0 Å². The van der Waals surface area contributed by atoms with Gasteiger partial charge in [0.1, 0.15) is 5.82 Å². The Kier molecular flexibility index (Phi) is 2.45. The number of hydrogen-bond donors (Lipinski definition) is 1. The van der Waals surface area contributed by atoms with Gasteiger partial charge in [-0.05, 0) is 24.2 Å². The van der Waals surface area contributed by atoms with Crippen molar-refractivity contribution in [1.82, 2.24) is 9.97 Å². The summed E-state index contributed by atoms with van der Waals surface area (Å²) in [6.07, 6.45) is 2.31. The molecule has 1 atom stereocenters. The molecule has 1 heterocycles. The maximum atomic E-state index is 4.77. The van der Waals surface area contributed by atoms with E-state index in [0.29, 0.717) is 5.41 Å². The molecule has 0 saturated heterocycles. The number of rotatable bonds is 0. The minimum Gasteiger partial charge on any atom is -0.345 e. The molecule has 1 aliphatic rings. The zero-order valence-corrected chi connectivity index (χ0v) is 11.4. The summed E-state index contributed by atoms with van der Waals surface area (Å²) in [7, 11) is 0. The lowest BCUT2D eigenvalue weighted by Gasteiger charge is -2.26. The van der Waals surface area contributed by atoms with Gasteiger partial charge in [0.25, 0.3) is 0 Å². The molecule has 2 heteroatoms. The highest BCUT2D eigenvalue weighted by Crippen LogP contribution is 2.38. The van der Waals surface area contributed by atoms with Crippen molar-refractivity contribution in [1.29, 1.82) is 0 Å². The molecule has 0 saturated carbocycles. The van der Waals surface area contributed by atoms with Gasteiger partial charge in [-0.25, -0.2) is 4.98 Å². The van der Waals surface area contributed by atoms with E-state index in [-0.39, 0.29) is 5.41 Å². The van der Waals surface area contributed by atoms with Gasteiger partial charge in [0.2, 0.25) is 0 Å². The van der Waals surface area contributed by atoms with Gasteiger partial charge in [0, 0.05) is 11.1 Å². The highest BCUT2D eigenvalue weighted by molar-refractivity contribution is 5.24. The van der Waals surface area contributed by atoms with Crippen LogP contribution in [0.3, 0.4) is 0 Å². The normalized spacial score (nSPS) is 17.9. The van der Waals surface area contributed by atoms with Gasteiger partial charge in [-0.2, -0.15) is 0 Å². The first-order chi connectivity index (χ1) is 7.18. The number of nitrogens with zero attached hydrogens (tertiary/aromatic N) is 1. The molecule has 1 aliphatic carbocycles. The highest BCUT2D eigenvalue weighted by atomic mass is 15.0. The fraction of sp³-hybridized carbons (Fsp3) is 0.786. The molecule has 0 radical (unpaired) electrons. The van der Waals surface area contributed by atoms with E-state index in [2.05, 4.69) is 46.5 Å². The number of fused-ring (bicyclic) bond motifs is 1. The molecule has 0 aliphatic heterocycles. The average Bonchev–Trinajstić information content (AvgIpc) is 2.53. The Balaban J connectivity index is 2.21. The first-order valence-corrected chi connectivity index (χ1v) is 6.26. The van der Waals surface area contributed by atoms with Crippen molar-refractivity contribution >= 4 is 0 Å². The first-order valence-electron chi connectivity index (χ1n) is 6.26. The Bertz CT molecular complexity index is 364. The largest absolute Gasteiger partial charge is 0.345 e. The van der Waals surface area contributed by atoms with E-state index in [1.165, 1.54) is 17.8 Å². The zero-order valence-electron chi connectivity index (χ0n) is 11.4. The third kappa shape index (κ3) is 2.02. The summed E-state index contributed by atoms with van der Waals surface area (Å²) < 4.78 is 0. The average molecular weight is 220 g/mol. The summed E-state index contributed by atoms with van der Waals surface area (Å²) in [5.74, 6) is 1.89. The van der Waals surface area contributed by atoms with Crippen molar-refractivity contribution in [3.05, 3.63) is 17.2 Å². The summed E-state index contributed by atoms with van der Waals surface area (Å²) in [5, 5.41) is 0. The van der Waals surface area contributed by atoms with E-state index in [1.807, 2.05) is 0 Å². The minimum absolute atomic E-state index is 0.140. The molecule has 2 rings (SSSR count). The number of H-pyrrole nitrogens is 1. The molecule has 1 N–H and O–H groups in total. The van der Waals surface area contributed by atoms with Crippen LogP contribution in [0.25, 0.3) is 0 Å². The Morgan fingerprint density at radius 1 is 1.06 bits per heavy atom. The fourth-order valence-corrected chi connectivity index (χ4v) is 2.30. The van der Waals surface area contributed by atoms with Gasteiger partial charge in [-0.1, -0.05) is 41.5 Å². The molecule has 1 aromatic heterocycles. The number of imidazole rings is 1. The smallest absolute Gasteiger partial charge is 0.111 e. The van der Waals surface area contributed by atoms with Crippen LogP contribution in [0.15, 0.2) is 0 Å². The van der Waals surface area contributed by atoms with Crippen molar-refractivity contribution in [2.24, 2.45) is 11.3 Å². The van der Waals surface area contributed by atoms with E-state index in [4.69, 9.17) is 4.98 Å². The third-order valence-electron chi connectivity index (χ3n) is 3.69. The number of aromatic amines is 1. The van der Waals surface area contributed by atoms with Gasteiger partial charge < -0.3 is 4.98 Å². The van der Waals surface area contributed by atoms with Crippen LogP contribution in [0.4, 0.5) is 0 Å². The van der Waals surface area contributed by atoms with Crippen LogP contribution in [-0.2, 0) is 18.3 Å². The first kappa shape index (κ1) is 11.7. The van der Waals surface area contributed by atoms with Crippen LogP contribution in [0.2, 0.25) is 0 Å². The molecule has 2 nitrogen and oxygen atoms in total. The lowest BCUT2D eigenvalue weighted by Crippen LogP contribution is -2.21. The Morgan fingerprint density at radius 2 is 1.69 bits per heavy atom. The molecule has 0 bridgehead atoms. The molecule has 0 aromatic carbocycles. The molecule has 90 valence electrons. The molecular weight excluding hydrogens is 196 g/mol. The van der Waals surface area contributed by atoms with E-state index in [1.54, 1.807) is 0 Å². The second-order valence-corrected chi connectivity index (χ2v) is 7.23. The molecule has 1 unspecified atom stereocenters. The molecule has 0 amide bonds. The van der Waals surface area contributed by atoms with Crippen molar-refractivity contribution in [2.75, 3.05) is 0 Å². The van der Waals surface area contributed by atoms with E-state index >= 15 is 0 Å². The van der Waals surface area contributed by atoms with Gasteiger partial charge in [-0.15, -0.1) is 0 Å². The highest BCUT2D eigenvalue weighted by Gasteiger charge is 2.34. The lowest BCUT2D eigenvalue weighted by molar-refractivity contribution is 0.248. The van der Waals surface area contributed by atoms with E-state index in [0.717, 1.165) is 18.2 Å².